The number of anilines is 1. The van der Waals surface area contributed by atoms with Crippen LogP contribution in [0.15, 0.2) is 43.0 Å². The number of amides is 1. The van der Waals surface area contributed by atoms with E-state index in [1.807, 2.05) is 0 Å². The number of fused-ring (bicyclic) bond motifs is 1. The van der Waals surface area contributed by atoms with Crippen molar-refractivity contribution < 1.29 is 22.7 Å². The van der Waals surface area contributed by atoms with Gasteiger partial charge >= 0.3 is 12.2 Å². The number of ether oxygens (including phenoxy) is 1. The number of H-pyrrole nitrogens is 1. The Labute approximate surface area is 173 Å². The molecule has 0 aliphatic rings. The number of pyridine rings is 1. The summed E-state index contributed by atoms with van der Waals surface area (Å²) in [4.78, 5) is 27.3. The summed E-state index contributed by atoms with van der Waals surface area (Å²) >= 11 is 0. The second-order valence-electron chi connectivity index (χ2n) is 6.72. The lowest BCUT2D eigenvalue weighted by molar-refractivity contribution is -0.190. The first-order valence-electron chi connectivity index (χ1n) is 9.04. The van der Waals surface area contributed by atoms with Crippen molar-refractivity contribution in [1.29, 1.82) is 0 Å². The summed E-state index contributed by atoms with van der Waals surface area (Å²) in [6.07, 6.45) is -0.685. The van der Waals surface area contributed by atoms with Crippen molar-refractivity contribution in [3.63, 3.8) is 0 Å². The zero-order valence-corrected chi connectivity index (χ0v) is 16.3. The van der Waals surface area contributed by atoms with Gasteiger partial charge in [-0.3, -0.25) is 9.48 Å². The highest BCUT2D eigenvalue weighted by Crippen LogP contribution is 2.26. The number of carbonyl (C=O) groups excluding carboxylic acids is 1. The van der Waals surface area contributed by atoms with Gasteiger partial charge in [-0.15, -0.1) is 0 Å². The van der Waals surface area contributed by atoms with Crippen LogP contribution < -0.4 is 10.1 Å². The molecule has 0 aromatic carbocycles. The molecular weight excluding hydrogens is 415 g/mol. The van der Waals surface area contributed by atoms with Crippen LogP contribution in [0.25, 0.3) is 22.3 Å². The van der Waals surface area contributed by atoms with E-state index >= 15 is 0 Å². The normalized spacial score (nSPS) is 12.7. The lowest BCUT2D eigenvalue weighted by Crippen LogP contribution is -2.31. The molecule has 12 heteroatoms. The van der Waals surface area contributed by atoms with E-state index < -0.39 is 12.3 Å². The Balaban J connectivity index is 1.56. The Morgan fingerprint density at radius 2 is 2.06 bits per heavy atom. The topological polar surface area (TPSA) is 111 Å². The highest BCUT2D eigenvalue weighted by atomic mass is 19.4. The Kier molecular flexibility index (Phi) is 5.05. The molecule has 9 nitrogen and oxygen atoms in total. The summed E-state index contributed by atoms with van der Waals surface area (Å²) in [6.45, 7) is 0.881. The average Bonchev–Trinajstić information content (AvgIpc) is 3.33. The summed E-state index contributed by atoms with van der Waals surface area (Å²) in [6, 6.07) is 4.52. The molecule has 160 valence electrons. The summed E-state index contributed by atoms with van der Waals surface area (Å²) < 4.78 is 44.4. The van der Waals surface area contributed by atoms with E-state index in [2.05, 4.69) is 30.4 Å². The molecule has 1 amide bonds. The number of aryl methyl sites for hydroxylation is 1. The number of carbonyl (C=O) groups is 1. The minimum atomic E-state index is -4.53. The molecule has 4 aromatic rings. The molecule has 0 unspecified atom stereocenters. The van der Waals surface area contributed by atoms with Gasteiger partial charge in [0.15, 0.2) is 6.10 Å². The zero-order valence-electron chi connectivity index (χ0n) is 16.3. The van der Waals surface area contributed by atoms with Gasteiger partial charge in [0.1, 0.15) is 5.82 Å². The zero-order chi connectivity index (χ0) is 22.2. The molecule has 0 radical (unpaired) electrons. The largest absolute Gasteiger partial charge is 0.451 e. The number of rotatable bonds is 5. The van der Waals surface area contributed by atoms with Crippen molar-refractivity contribution in [3.05, 3.63) is 48.5 Å². The van der Waals surface area contributed by atoms with Gasteiger partial charge < -0.3 is 15.0 Å². The molecule has 4 aromatic heterocycles. The second-order valence-corrected chi connectivity index (χ2v) is 6.72. The molecule has 0 fully saturated rings. The van der Waals surface area contributed by atoms with Crippen molar-refractivity contribution >= 4 is 22.6 Å². The van der Waals surface area contributed by atoms with Crippen molar-refractivity contribution in [2.45, 2.75) is 19.2 Å². The van der Waals surface area contributed by atoms with E-state index in [1.165, 1.54) is 23.1 Å². The van der Waals surface area contributed by atoms with E-state index in [0.29, 0.717) is 28.3 Å². The molecule has 0 aliphatic heterocycles. The Hall–Kier alpha value is -3.96. The van der Waals surface area contributed by atoms with Crippen molar-refractivity contribution in [2.75, 3.05) is 5.32 Å². The number of aromatic nitrogens is 6. The van der Waals surface area contributed by atoms with Crippen LogP contribution in [0.5, 0.6) is 6.01 Å². The van der Waals surface area contributed by atoms with E-state index in [0.717, 1.165) is 12.3 Å². The molecule has 4 heterocycles. The highest BCUT2D eigenvalue weighted by molar-refractivity contribution is 6.04. The Bertz CT molecular complexity index is 1250. The third kappa shape index (κ3) is 4.47. The molecule has 0 saturated carbocycles. The third-order valence-corrected chi connectivity index (χ3v) is 4.37. The van der Waals surface area contributed by atoms with Crippen LogP contribution in [0.1, 0.15) is 17.3 Å². The number of alkyl halides is 3. The van der Waals surface area contributed by atoms with E-state index in [4.69, 9.17) is 4.74 Å². The maximum atomic E-state index is 12.7. The summed E-state index contributed by atoms with van der Waals surface area (Å²) in [5.41, 5.74) is 1.91. The SMILES string of the molecule is C[C@@H](Oc1nccc(-c2cc3cnc(NC(=O)c4cnn(C)c4)cc3[nH]2)n1)C(F)(F)F. The van der Waals surface area contributed by atoms with Gasteiger partial charge in [0.2, 0.25) is 0 Å². The van der Waals surface area contributed by atoms with Gasteiger partial charge in [-0.25, -0.2) is 9.97 Å². The first kappa shape index (κ1) is 20.3. The lowest BCUT2D eigenvalue weighted by Gasteiger charge is -2.16. The summed E-state index contributed by atoms with van der Waals surface area (Å²) in [5.74, 6) is -0.0384. The summed E-state index contributed by atoms with van der Waals surface area (Å²) in [5, 5.41) is 7.35. The van der Waals surface area contributed by atoms with Gasteiger partial charge in [0.25, 0.3) is 5.91 Å². The maximum Gasteiger partial charge on any atom is 0.425 e. The minimum absolute atomic E-state index is 0.320. The molecule has 0 spiro atoms. The standard InChI is InChI=1S/C19H16F3N7O2/c1-10(19(20,21)22)31-18-23-4-3-13(27-18)15-5-11-7-24-16(6-14(11)26-15)28-17(30)12-8-25-29(2)9-12/h3-10,26H,1-2H3,(H,24,28,30)/t10-/m1/s1. The van der Waals surface area contributed by atoms with E-state index in [1.54, 1.807) is 31.6 Å². The van der Waals surface area contributed by atoms with Gasteiger partial charge in [-0.1, -0.05) is 0 Å². The third-order valence-electron chi connectivity index (χ3n) is 4.37. The van der Waals surface area contributed by atoms with Crippen LogP contribution in [0, 0.1) is 0 Å². The number of hydrogen-bond donors (Lipinski definition) is 2. The lowest BCUT2D eigenvalue weighted by atomic mass is 10.2. The van der Waals surface area contributed by atoms with E-state index in [-0.39, 0.29) is 11.9 Å². The van der Waals surface area contributed by atoms with Crippen LogP contribution in [0.4, 0.5) is 19.0 Å². The van der Waals surface area contributed by atoms with Crippen LogP contribution in [0.2, 0.25) is 0 Å². The maximum absolute atomic E-state index is 12.7. The predicted octanol–water partition coefficient (Wildman–Crippen LogP) is 3.34. The predicted molar refractivity (Wildman–Crippen MR) is 104 cm³/mol. The minimum Gasteiger partial charge on any atom is -0.451 e. The molecule has 0 aliphatic carbocycles. The van der Waals surface area contributed by atoms with Crippen molar-refractivity contribution in [3.8, 4) is 17.4 Å². The number of hydrogen-bond acceptors (Lipinski definition) is 6. The van der Waals surface area contributed by atoms with Gasteiger partial charge in [-0.05, 0) is 19.1 Å². The smallest absolute Gasteiger partial charge is 0.425 e. The van der Waals surface area contributed by atoms with Gasteiger partial charge in [0.05, 0.1) is 28.7 Å². The van der Waals surface area contributed by atoms with Crippen LogP contribution in [-0.4, -0.2) is 47.9 Å². The van der Waals surface area contributed by atoms with E-state index in [9.17, 15) is 18.0 Å². The molecule has 31 heavy (non-hydrogen) atoms. The molecular formula is C19H16F3N7O2. The number of nitrogens with one attached hydrogen (secondary N) is 2. The van der Waals surface area contributed by atoms with Crippen molar-refractivity contribution in [2.24, 2.45) is 7.05 Å². The van der Waals surface area contributed by atoms with Gasteiger partial charge in [0, 0.05) is 37.1 Å². The Morgan fingerprint density at radius 3 is 2.77 bits per heavy atom. The van der Waals surface area contributed by atoms with Gasteiger partial charge in [-0.2, -0.15) is 23.3 Å². The highest BCUT2D eigenvalue weighted by Gasteiger charge is 2.38. The molecule has 0 saturated heterocycles. The molecule has 0 bridgehead atoms. The average molecular weight is 431 g/mol. The number of halogens is 3. The number of aromatic amines is 1. The molecule has 4 rings (SSSR count). The molecule has 2 N–H and O–H groups in total. The first-order valence-corrected chi connectivity index (χ1v) is 9.04. The quantitative estimate of drug-likeness (QED) is 0.502. The fraction of sp³-hybridized carbons (Fsp3) is 0.211. The molecule has 1 atom stereocenters. The van der Waals surface area contributed by atoms with Crippen molar-refractivity contribution in [1.82, 2.24) is 29.7 Å². The van der Waals surface area contributed by atoms with Crippen LogP contribution in [0.3, 0.4) is 0 Å². The number of nitrogens with zero attached hydrogens (tertiary/aromatic N) is 5. The van der Waals surface area contributed by atoms with Crippen LogP contribution >= 0.6 is 0 Å². The summed E-state index contributed by atoms with van der Waals surface area (Å²) in [7, 11) is 1.70. The fourth-order valence-corrected chi connectivity index (χ4v) is 2.73. The van der Waals surface area contributed by atoms with Crippen LogP contribution in [-0.2, 0) is 7.05 Å². The first-order chi connectivity index (χ1) is 14.7. The second kappa shape index (κ2) is 7.70. The Morgan fingerprint density at radius 1 is 1.26 bits per heavy atom. The monoisotopic (exact) mass is 431 g/mol. The fourth-order valence-electron chi connectivity index (χ4n) is 2.73.